The average molecular weight is 259 g/mol. The third-order valence-corrected chi connectivity index (χ3v) is 2.21. The lowest BCUT2D eigenvalue weighted by atomic mass is 10.1. The molecule has 0 aromatic heterocycles. The Morgan fingerprint density at radius 2 is 1.83 bits per heavy atom. The summed E-state index contributed by atoms with van der Waals surface area (Å²) in [6, 6.07) is 1.64. The molecule has 1 amide bonds. The highest BCUT2D eigenvalue weighted by Crippen LogP contribution is 2.12. The van der Waals surface area contributed by atoms with Crippen LogP contribution >= 0.6 is 0 Å². The first kappa shape index (κ1) is 14.0. The van der Waals surface area contributed by atoms with Gasteiger partial charge in [-0.15, -0.1) is 0 Å². The number of carboxylic acids is 1. The predicted molar refractivity (Wildman–Crippen MR) is 56.7 cm³/mol. The lowest BCUT2D eigenvalue weighted by molar-refractivity contribution is -0.142. The fourth-order valence-electron chi connectivity index (χ4n) is 1.29. The smallest absolute Gasteiger partial charge is 0.328 e. The molecule has 0 unspecified atom stereocenters. The zero-order chi connectivity index (χ0) is 13.7. The summed E-state index contributed by atoms with van der Waals surface area (Å²) in [5.41, 5.74) is -0.447. The minimum atomic E-state index is -1.49. The van der Waals surface area contributed by atoms with Crippen molar-refractivity contribution in [2.24, 2.45) is 0 Å². The summed E-state index contributed by atoms with van der Waals surface area (Å²) in [5, 5.41) is 19.2. The zero-order valence-corrected chi connectivity index (χ0v) is 9.19. The molecule has 0 fully saturated rings. The largest absolute Gasteiger partial charge is 0.480 e. The van der Waals surface area contributed by atoms with Gasteiger partial charge in [0.25, 0.3) is 0 Å². The molecule has 0 saturated carbocycles. The van der Waals surface area contributed by atoms with Crippen LogP contribution in [0.25, 0.3) is 0 Å². The molecule has 0 bridgehead atoms. The fourth-order valence-corrected chi connectivity index (χ4v) is 1.29. The van der Waals surface area contributed by atoms with Gasteiger partial charge >= 0.3 is 5.97 Å². The lowest BCUT2D eigenvalue weighted by Crippen LogP contribution is -2.44. The van der Waals surface area contributed by atoms with Gasteiger partial charge in [-0.2, -0.15) is 0 Å². The van der Waals surface area contributed by atoms with Gasteiger partial charge in [0.05, 0.1) is 13.0 Å². The quantitative estimate of drug-likeness (QED) is 0.698. The van der Waals surface area contributed by atoms with E-state index in [1.54, 1.807) is 0 Å². The molecular weight excluding hydrogens is 248 g/mol. The Bertz CT molecular complexity index is 444. The molecule has 0 saturated heterocycles. The number of halogens is 2. The minimum absolute atomic E-state index is 0.447. The highest BCUT2D eigenvalue weighted by atomic mass is 19.1. The average Bonchev–Trinajstić information content (AvgIpc) is 2.30. The summed E-state index contributed by atoms with van der Waals surface area (Å²) >= 11 is 0. The van der Waals surface area contributed by atoms with Crippen LogP contribution in [-0.2, 0) is 16.0 Å². The maximum Gasteiger partial charge on any atom is 0.328 e. The Morgan fingerprint density at radius 3 is 2.28 bits per heavy atom. The molecule has 0 aliphatic rings. The molecule has 98 valence electrons. The van der Waals surface area contributed by atoms with Crippen LogP contribution < -0.4 is 5.32 Å². The van der Waals surface area contributed by atoms with Crippen molar-refractivity contribution in [2.75, 3.05) is 6.61 Å². The number of aliphatic hydroxyl groups excluding tert-OH is 1. The molecule has 5 nitrogen and oxygen atoms in total. The van der Waals surface area contributed by atoms with Crippen molar-refractivity contribution in [3.05, 3.63) is 35.4 Å². The van der Waals surface area contributed by atoms with E-state index in [1.807, 2.05) is 5.32 Å². The second kappa shape index (κ2) is 6.06. The molecule has 0 aliphatic heterocycles. The van der Waals surface area contributed by atoms with Gasteiger partial charge in [0.2, 0.25) is 5.91 Å². The highest BCUT2D eigenvalue weighted by Gasteiger charge is 2.20. The van der Waals surface area contributed by atoms with Crippen LogP contribution in [0.2, 0.25) is 0 Å². The van der Waals surface area contributed by atoms with E-state index in [0.717, 1.165) is 18.2 Å². The number of hydrogen-bond acceptors (Lipinski definition) is 3. The molecule has 0 radical (unpaired) electrons. The number of nitrogens with one attached hydrogen (secondary N) is 1. The van der Waals surface area contributed by atoms with E-state index in [1.165, 1.54) is 0 Å². The van der Waals surface area contributed by atoms with Crippen LogP contribution in [-0.4, -0.2) is 34.7 Å². The highest BCUT2D eigenvalue weighted by molar-refractivity contribution is 5.84. The Balaban J connectivity index is 2.73. The summed E-state index contributed by atoms with van der Waals surface area (Å²) in [5.74, 6) is -4.10. The van der Waals surface area contributed by atoms with Gasteiger partial charge in [0.15, 0.2) is 0 Å². The number of carbonyl (C=O) groups is 2. The number of carboxylic acid groups (broad SMARTS) is 1. The van der Waals surface area contributed by atoms with Gasteiger partial charge in [-0.3, -0.25) is 4.79 Å². The lowest BCUT2D eigenvalue weighted by Gasteiger charge is -2.12. The van der Waals surface area contributed by atoms with Crippen LogP contribution in [0.4, 0.5) is 8.78 Å². The standard InChI is InChI=1S/C11H11F2NO4/c12-7-2-1-3-8(13)6(7)4-10(16)14-9(5-15)11(17)18/h1-3,9,15H,4-5H2,(H,14,16)(H,17,18)/t9-/m0/s1. The van der Waals surface area contributed by atoms with Crippen LogP contribution in [0.15, 0.2) is 18.2 Å². The van der Waals surface area contributed by atoms with Crippen molar-refractivity contribution in [1.29, 1.82) is 0 Å². The minimum Gasteiger partial charge on any atom is -0.480 e. The molecular formula is C11H11F2NO4. The number of carbonyl (C=O) groups excluding carboxylic acids is 1. The third-order valence-electron chi connectivity index (χ3n) is 2.21. The van der Waals surface area contributed by atoms with Crippen LogP contribution in [0, 0.1) is 11.6 Å². The van der Waals surface area contributed by atoms with Crippen molar-refractivity contribution in [2.45, 2.75) is 12.5 Å². The van der Waals surface area contributed by atoms with Crippen molar-refractivity contribution in [3.63, 3.8) is 0 Å². The van der Waals surface area contributed by atoms with Crippen molar-refractivity contribution < 1.29 is 28.6 Å². The van der Waals surface area contributed by atoms with E-state index in [0.29, 0.717) is 0 Å². The summed E-state index contributed by atoms with van der Waals surface area (Å²) in [7, 11) is 0. The first-order valence-electron chi connectivity index (χ1n) is 5.01. The van der Waals surface area contributed by atoms with Crippen LogP contribution in [0.5, 0.6) is 0 Å². The van der Waals surface area contributed by atoms with E-state index in [4.69, 9.17) is 10.2 Å². The van der Waals surface area contributed by atoms with Gasteiger partial charge in [-0.1, -0.05) is 6.07 Å². The Hall–Kier alpha value is -2.02. The number of aliphatic carboxylic acids is 1. The summed E-state index contributed by atoms with van der Waals surface area (Å²) in [6.07, 6.45) is -0.637. The molecule has 3 N–H and O–H groups in total. The number of benzene rings is 1. The first-order valence-corrected chi connectivity index (χ1v) is 5.01. The fraction of sp³-hybridized carbons (Fsp3) is 0.273. The molecule has 1 rings (SSSR count). The SMILES string of the molecule is O=C(Cc1c(F)cccc1F)N[C@@H](CO)C(=O)O. The Kier molecular flexibility index (Phi) is 4.73. The summed E-state index contributed by atoms with van der Waals surface area (Å²) < 4.78 is 26.4. The number of hydrogen-bond donors (Lipinski definition) is 3. The Morgan fingerprint density at radius 1 is 1.28 bits per heavy atom. The molecule has 1 atom stereocenters. The number of rotatable bonds is 5. The van der Waals surface area contributed by atoms with Crippen LogP contribution in [0.1, 0.15) is 5.56 Å². The van der Waals surface area contributed by atoms with E-state index in [-0.39, 0.29) is 0 Å². The third kappa shape index (κ3) is 3.49. The van der Waals surface area contributed by atoms with Crippen molar-refractivity contribution >= 4 is 11.9 Å². The molecule has 1 aromatic rings. The molecule has 7 heteroatoms. The number of aliphatic hydroxyl groups is 1. The van der Waals surface area contributed by atoms with Gasteiger partial charge < -0.3 is 15.5 Å². The molecule has 0 heterocycles. The first-order chi connectivity index (χ1) is 8.45. The van der Waals surface area contributed by atoms with E-state index in [9.17, 15) is 18.4 Å². The molecule has 1 aromatic carbocycles. The second-order valence-electron chi connectivity index (χ2n) is 3.52. The van der Waals surface area contributed by atoms with Crippen LogP contribution in [0.3, 0.4) is 0 Å². The molecule has 18 heavy (non-hydrogen) atoms. The predicted octanol–water partition coefficient (Wildman–Crippen LogP) is 0.0690. The van der Waals surface area contributed by atoms with E-state index >= 15 is 0 Å². The van der Waals surface area contributed by atoms with Gasteiger partial charge in [-0.05, 0) is 12.1 Å². The second-order valence-corrected chi connectivity index (χ2v) is 3.52. The van der Waals surface area contributed by atoms with E-state index < -0.39 is 48.1 Å². The van der Waals surface area contributed by atoms with Gasteiger partial charge in [0.1, 0.15) is 17.7 Å². The summed E-state index contributed by atoms with van der Waals surface area (Å²) in [4.78, 5) is 21.9. The maximum atomic E-state index is 13.2. The topological polar surface area (TPSA) is 86.6 Å². The summed E-state index contributed by atoms with van der Waals surface area (Å²) in [6.45, 7) is -0.805. The van der Waals surface area contributed by atoms with Gasteiger partial charge in [-0.25, -0.2) is 13.6 Å². The maximum absolute atomic E-state index is 13.2. The Labute approximate surface area is 101 Å². The number of amides is 1. The molecule has 0 spiro atoms. The van der Waals surface area contributed by atoms with Gasteiger partial charge in [0, 0.05) is 5.56 Å². The van der Waals surface area contributed by atoms with Crippen molar-refractivity contribution in [1.82, 2.24) is 5.32 Å². The zero-order valence-electron chi connectivity index (χ0n) is 9.19. The van der Waals surface area contributed by atoms with E-state index in [2.05, 4.69) is 0 Å². The monoisotopic (exact) mass is 259 g/mol. The normalized spacial score (nSPS) is 11.9. The van der Waals surface area contributed by atoms with Crippen molar-refractivity contribution in [3.8, 4) is 0 Å². The molecule has 0 aliphatic carbocycles.